The highest BCUT2D eigenvalue weighted by molar-refractivity contribution is 5.95. The molecule has 3 aliphatic rings. The van der Waals surface area contributed by atoms with Gasteiger partial charge in [-0.15, -0.1) is 0 Å². The minimum atomic E-state index is -0.397. The van der Waals surface area contributed by atoms with Gasteiger partial charge >= 0.3 is 0 Å². The van der Waals surface area contributed by atoms with Gasteiger partial charge in [0, 0.05) is 45.0 Å². The zero-order chi connectivity index (χ0) is 19.0. The molecule has 1 atom stereocenters. The summed E-state index contributed by atoms with van der Waals surface area (Å²) in [5.74, 6) is 0.196. The lowest BCUT2D eigenvalue weighted by atomic mass is 9.77. The average molecular weight is 371 g/mol. The van der Waals surface area contributed by atoms with Crippen molar-refractivity contribution in [2.75, 3.05) is 19.6 Å². The first-order valence-electron chi connectivity index (χ1n) is 10.3. The van der Waals surface area contributed by atoms with Gasteiger partial charge < -0.3 is 14.4 Å². The van der Waals surface area contributed by atoms with E-state index in [4.69, 9.17) is 0 Å². The van der Waals surface area contributed by atoms with Crippen LogP contribution < -0.4 is 5.56 Å². The molecule has 2 amide bonds. The number of likely N-dealkylation sites (tertiary alicyclic amines) is 2. The van der Waals surface area contributed by atoms with Crippen molar-refractivity contribution >= 4 is 11.8 Å². The molecule has 3 fully saturated rings. The first-order valence-corrected chi connectivity index (χ1v) is 10.3. The third-order valence-corrected chi connectivity index (χ3v) is 6.76. The number of piperidine rings is 1. The summed E-state index contributed by atoms with van der Waals surface area (Å²) in [5.41, 5.74) is -0.0111. The fraction of sp³-hybridized carbons (Fsp3) is 0.667. The summed E-state index contributed by atoms with van der Waals surface area (Å²) in [4.78, 5) is 41.8. The highest BCUT2D eigenvalue weighted by Crippen LogP contribution is 2.42. The van der Waals surface area contributed by atoms with Gasteiger partial charge in [0.1, 0.15) is 0 Å². The van der Waals surface area contributed by atoms with Crippen molar-refractivity contribution in [3.63, 3.8) is 0 Å². The molecule has 0 bridgehead atoms. The lowest BCUT2D eigenvalue weighted by Gasteiger charge is -2.44. The molecule has 4 rings (SSSR count). The summed E-state index contributed by atoms with van der Waals surface area (Å²) < 4.78 is 1.43. The van der Waals surface area contributed by atoms with Crippen LogP contribution in [-0.2, 0) is 11.8 Å². The van der Waals surface area contributed by atoms with Crippen molar-refractivity contribution in [2.45, 2.75) is 57.4 Å². The number of carbonyl (C=O) groups excluding carboxylic acids is 2. The second kappa shape index (κ2) is 7.13. The van der Waals surface area contributed by atoms with E-state index < -0.39 is 5.41 Å². The van der Waals surface area contributed by atoms with E-state index in [9.17, 15) is 14.4 Å². The van der Waals surface area contributed by atoms with Crippen LogP contribution in [0.25, 0.3) is 0 Å². The Morgan fingerprint density at radius 1 is 1.04 bits per heavy atom. The van der Waals surface area contributed by atoms with E-state index in [0.29, 0.717) is 24.7 Å². The Hall–Kier alpha value is -2.11. The van der Waals surface area contributed by atoms with Gasteiger partial charge in [-0.3, -0.25) is 14.4 Å². The average Bonchev–Trinajstić information content (AvgIpc) is 3.11. The van der Waals surface area contributed by atoms with Gasteiger partial charge in [0.25, 0.3) is 5.91 Å². The molecule has 27 heavy (non-hydrogen) atoms. The standard InChI is InChI=1S/C21H29N3O3/c1-22-14-16(8-9-18(22)25)19(26)23-13-11-21(15-23)10-5-12-24(20(21)27)17-6-3-2-4-7-17/h8-9,14,17H,2-7,10-13,15H2,1H3. The van der Waals surface area contributed by atoms with Crippen LogP contribution in [-0.4, -0.2) is 51.9 Å². The number of amides is 2. The molecule has 3 heterocycles. The molecule has 146 valence electrons. The van der Waals surface area contributed by atoms with E-state index >= 15 is 0 Å². The first-order chi connectivity index (χ1) is 13.0. The van der Waals surface area contributed by atoms with Gasteiger partial charge in [-0.05, 0) is 38.2 Å². The molecule has 6 heteroatoms. The lowest BCUT2D eigenvalue weighted by Crippen LogP contribution is -2.54. The predicted octanol–water partition coefficient (Wildman–Crippen LogP) is 2.17. The number of hydrogen-bond acceptors (Lipinski definition) is 3. The summed E-state index contributed by atoms with van der Waals surface area (Å²) in [6.45, 7) is 2.00. The van der Waals surface area contributed by atoms with Crippen LogP contribution in [0.5, 0.6) is 0 Å². The van der Waals surface area contributed by atoms with Crippen LogP contribution in [0.2, 0.25) is 0 Å². The molecule has 2 aliphatic heterocycles. The number of rotatable bonds is 2. The normalized spacial score (nSPS) is 26.8. The topological polar surface area (TPSA) is 62.6 Å². The molecule has 1 saturated carbocycles. The van der Waals surface area contributed by atoms with Crippen LogP contribution in [0, 0.1) is 5.41 Å². The fourth-order valence-electron chi connectivity index (χ4n) is 5.17. The molecule has 2 saturated heterocycles. The summed E-state index contributed by atoms with van der Waals surface area (Å²) in [6, 6.07) is 3.42. The summed E-state index contributed by atoms with van der Waals surface area (Å²) >= 11 is 0. The molecule has 0 radical (unpaired) electrons. The van der Waals surface area contributed by atoms with E-state index in [1.807, 2.05) is 4.90 Å². The Bertz CT molecular complexity index is 796. The zero-order valence-electron chi connectivity index (χ0n) is 16.2. The maximum absolute atomic E-state index is 13.4. The van der Waals surface area contributed by atoms with Crippen LogP contribution >= 0.6 is 0 Å². The van der Waals surface area contributed by atoms with E-state index in [0.717, 1.165) is 38.6 Å². The van der Waals surface area contributed by atoms with Gasteiger partial charge in [-0.25, -0.2) is 0 Å². The molecule has 1 aromatic heterocycles. The number of aromatic nitrogens is 1. The van der Waals surface area contributed by atoms with Gasteiger partial charge in [0.15, 0.2) is 0 Å². The van der Waals surface area contributed by atoms with Gasteiger partial charge in [0.2, 0.25) is 11.5 Å². The van der Waals surface area contributed by atoms with Crippen molar-refractivity contribution < 1.29 is 9.59 Å². The van der Waals surface area contributed by atoms with Crippen LogP contribution in [0.1, 0.15) is 61.7 Å². The third-order valence-electron chi connectivity index (χ3n) is 6.76. The molecule has 1 aromatic rings. The number of nitrogens with zero attached hydrogens (tertiary/aromatic N) is 3. The van der Waals surface area contributed by atoms with E-state index in [1.54, 1.807) is 19.3 Å². The molecule has 1 spiro atoms. The largest absolute Gasteiger partial charge is 0.339 e. The predicted molar refractivity (Wildman–Crippen MR) is 102 cm³/mol. The van der Waals surface area contributed by atoms with Crippen molar-refractivity contribution in [3.8, 4) is 0 Å². The molecular formula is C21H29N3O3. The summed E-state index contributed by atoms with van der Waals surface area (Å²) in [5, 5.41) is 0. The lowest BCUT2D eigenvalue weighted by molar-refractivity contribution is -0.149. The Balaban J connectivity index is 1.49. The monoisotopic (exact) mass is 371 g/mol. The van der Waals surface area contributed by atoms with E-state index in [-0.39, 0.29) is 17.4 Å². The molecule has 0 aromatic carbocycles. The second-order valence-electron chi connectivity index (χ2n) is 8.52. The van der Waals surface area contributed by atoms with E-state index in [2.05, 4.69) is 4.90 Å². The zero-order valence-corrected chi connectivity index (χ0v) is 16.2. The minimum Gasteiger partial charge on any atom is -0.339 e. The molecule has 1 unspecified atom stereocenters. The molecule has 6 nitrogen and oxygen atoms in total. The number of aryl methyl sites for hydroxylation is 1. The minimum absolute atomic E-state index is 0.0786. The maximum atomic E-state index is 13.4. The molecular weight excluding hydrogens is 342 g/mol. The Morgan fingerprint density at radius 3 is 2.56 bits per heavy atom. The third kappa shape index (κ3) is 3.30. The van der Waals surface area contributed by atoms with Gasteiger partial charge in [-0.1, -0.05) is 19.3 Å². The highest BCUT2D eigenvalue weighted by atomic mass is 16.2. The SMILES string of the molecule is Cn1cc(C(=O)N2CCC3(CCCN(C4CCCCC4)C3=O)C2)ccc1=O. The first kappa shape index (κ1) is 18.3. The van der Waals surface area contributed by atoms with Crippen molar-refractivity contribution in [1.29, 1.82) is 0 Å². The summed E-state index contributed by atoms with van der Waals surface area (Å²) in [7, 11) is 1.65. The van der Waals surface area contributed by atoms with Crippen LogP contribution in [0.3, 0.4) is 0 Å². The smallest absolute Gasteiger partial charge is 0.255 e. The Kier molecular flexibility index (Phi) is 4.82. The second-order valence-corrected chi connectivity index (χ2v) is 8.52. The maximum Gasteiger partial charge on any atom is 0.255 e. The number of pyridine rings is 1. The van der Waals surface area contributed by atoms with Gasteiger partial charge in [-0.2, -0.15) is 0 Å². The van der Waals surface area contributed by atoms with Crippen molar-refractivity contribution in [3.05, 3.63) is 34.2 Å². The highest BCUT2D eigenvalue weighted by Gasteiger charge is 2.50. The van der Waals surface area contributed by atoms with Crippen LogP contribution in [0.4, 0.5) is 0 Å². The van der Waals surface area contributed by atoms with Crippen LogP contribution in [0.15, 0.2) is 23.1 Å². The Morgan fingerprint density at radius 2 is 1.81 bits per heavy atom. The van der Waals surface area contributed by atoms with Crippen molar-refractivity contribution in [1.82, 2.24) is 14.4 Å². The van der Waals surface area contributed by atoms with Crippen molar-refractivity contribution in [2.24, 2.45) is 12.5 Å². The quantitative estimate of drug-likeness (QED) is 0.800. The number of hydrogen-bond donors (Lipinski definition) is 0. The van der Waals surface area contributed by atoms with Gasteiger partial charge in [0.05, 0.1) is 11.0 Å². The van der Waals surface area contributed by atoms with E-state index in [1.165, 1.54) is 29.9 Å². The summed E-state index contributed by atoms with van der Waals surface area (Å²) in [6.07, 6.45) is 10.2. The molecule has 0 N–H and O–H groups in total. The molecule has 1 aliphatic carbocycles. The fourth-order valence-corrected chi connectivity index (χ4v) is 5.17. The Labute approximate surface area is 160 Å². The number of carbonyl (C=O) groups is 2.